The molecule has 0 N–H and O–H groups in total. The largest absolute Gasteiger partial charge is 0.451 e. The van der Waals surface area contributed by atoms with Crippen molar-refractivity contribution in [2.24, 2.45) is 0 Å². The van der Waals surface area contributed by atoms with Crippen LogP contribution in [-0.4, -0.2) is 82.2 Å². The first kappa shape index (κ1) is 34.7. The molecule has 0 aliphatic rings. The Bertz CT molecular complexity index is 638. The average molecular weight is 549 g/mol. The molecule has 35 heavy (non-hydrogen) atoms. The van der Waals surface area contributed by atoms with Crippen LogP contribution in [0.1, 0.15) is 52.9 Å². The Morgan fingerprint density at radius 2 is 1.40 bits per heavy atom. The summed E-state index contributed by atoms with van der Waals surface area (Å²) in [6.07, 6.45) is 5.41. The molecule has 0 aromatic heterocycles. The SMILES string of the molecule is C=C(C)C(=O)OC(COCCC[Si](C)(C)O[Si](C)(C)O[Si](C)(C)CCCC)C[N+](C)(C)CCCC. The normalized spacial score (nSPS) is 14.1. The summed E-state index contributed by atoms with van der Waals surface area (Å²) < 4.78 is 25.9. The molecule has 0 spiro atoms. The van der Waals surface area contributed by atoms with Crippen LogP contribution in [-0.2, 0) is 22.5 Å². The Kier molecular flexibility index (Phi) is 15.7. The fraction of sp³-hybridized carbons (Fsp3) is 0.885. The summed E-state index contributed by atoms with van der Waals surface area (Å²) >= 11 is 0. The number of quaternary nitrogens is 1. The van der Waals surface area contributed by atoms with E-state index in [0.717, 1.165) is 42.9 Å². The van der Waals surface area contributed by atoms with Crippen LogP contribution in [0.3, 0.4) is 0 Å². The van der Waals surface area contributed by atoms with Crippen molar-refractivity contribution in [1.29, 1.82) is 0 Å². The van der Waals surface area contributed by atoms with E-state index in [9.17, 15) is 4.79 Å². The molecule has 0 bridgehead atoms. The number of nitrogens with zero attached hydrogens (tertiary/aromatic N) is 1. The number of carbonyl (C=O) groups excluding carboxylic acids is 1. The summed E-state index contributed by atoms with van der Waals surface area (Å²) in [4.78, 5) is 12.2. The van der Waals surface area contributed by atoms with Gasteiger partial charge >= 0.3 is 14.5 Å². The minimum atomic E-state index is -2.16. The molecule has 0 radical (unpaired) electrons. The van der Waals surface area contributed by atoms with Gasteiger partial charge in [-0.15, -0.1) is 0 Å². The first-order valence-electron chi connectivity index (χ1n) is 13.6. The van der Waals surface area contributed by atoms with Gasteiger partial charge in [0.15, 0.2) is 22.7 Å². The molecule has 0 amide bonds. The van der Waals surface area contributed by atoms with Crippen molar-refractivity contribution in [2.45, 2.75) is 110 Å². The van der Waals surface area contributed by atoms with Gasteiger partial charge in [0.25, 0.3) is 0 Å². The van der Waals surface area contributed by atoms with E-state index in [1.807, 2.05) is 0 Å². The van der Waals surface area contributed by atoms with Gasteiger partial charge in [0, 0.05) is 12.2 Å². The van der Waals surface area contributed by atoms with Crippen molar-refractivity contribution in [1.82, 2.24) is 0 Å². The quantitative estimate of drug-likeness (QED) is 0.0557. The van der Waals surface area contributed by atoms with Crippen molar-refractivity contribution in [3.8, 4) is 0 Å². The highest BCUT2D eigenvalue weighted by Crippen LogP contribution is 2.26. The molecule has 0 rings (SSSR count). The zero-order chi connectivity index (χ0) is 27.3. The second kappa shape index (κ2) is 15.8. The standard InChI is InChI=1S/C26H58NO5Si3/c1-13-15-18-27(5,6)22-25(30-26(28)24(3)4)23-29-19-17-21-34(9,10)32-35(11,12)31-33(7,8)20-16-14-2/h25H,3,13-23H2,1-2,4-12H3/q+1. The second-order valence-electron chi connectivity index (χ2n) is 12.4. The third-order valence-electron chi connectivity index (χ3n) is 5.98. The van der Waals surface area contributed by atoms with Gasteiger partial charge in [0.05, 0.1) is 27.2 Å². The maximum Gasteiger partial charge on any atom is 0.333 e. The average Bonchev–Trinajstić information content (AvgIpc) is 2.68. The topological polar surface area (TPSA) is 54.0 Å². The molecule has 1 atom stereocenters. The van der Waals surface area contributed by atoms with E-state index >= 15 is 0 Å². The van der Waals surface area contributed by atoms with E-state index in [0.29, 0.717) is 18.8 Å². The van der Waals surface area contributed by atoms with Crippen LogP contribution in [0, 0.1) is 0 Å². The van der Waals surface area contributed by atoms with Gasteiger partial charge in [-0.1, -0.05) is 39.7 Å². The Balaban J connectivity index is 4.73. The van der Waals surface area contributed by atoms with Crippen molar-refractivity contribution < 1.29 is 27.0 Å². The highest BCUT2D eigenvalue weighted by molar-refractivity contribution is 6.87. The van der Waals surface area contributed by atoms with E-state index in [4.69, 9.17) is 17.7 Å². The maximum absolute atomic E-state index is 12.2. The number of rotatable bonds is 20. The monoisotopic (exact) mass is 548 g/mol. The first-order valence-corrected chi connectivity index (χ1v) is 22.7. The summed E-state index contributed by atoms with van der Waals surface area (Å²) in [6.45, 7) is 26.3. The molecule has 0 aliphatic carbocycles. The van der Waals surface area contributed by atoms with Gasteiger partial charge < -0.3 is 22.2 Å². The molecule has 0 aromatic rings. The van der Waals surface area contributed by atoms with Crippen LogP contribution in [0.2, 0.25) is 51.4 Å². The lowest BCUT2D eigenvalue weighted by atomic mass is 10.2. The van der Waals surface area contributed by atoms with Crippen LogP contribution in [0.5, 0.6) is 0 Å². The van der Waals surface area contributed by atoms with Crippen molar-refractivity contribution in [3.63, 3.8) is 0 Å². The molecule has 9 heteroatoms. The zero-order valence-electron chi connectivity index (χ0n) is 25.1. The molecule has 0 heterocycles. The fourth-order valence-electron chi connectivity index (χ4n) is 4.48. The van der Waals surface area contributed by atoms with E-state index in [2.05, 4.69) is 73.8 Å². The summed E-state index contributed by atoms with van der Waals surface area (Å²) in [7, 11) is -1.34. The lowest BCUT2D eigenvalue weighted by molar-refractivity contribution is -0.893. The molecular formula is C26H58NO5Si3+. The van der Waals surface area contributed by atoms with Crippen LogP contribution < -0.4 is 0 Å². The summed E-state index contributed by atoms with van der Waals surface area (Å²) in [5, 5.41) is 0. The predicted molar refractivity (Wildman–Crippen MR) is 156 cm³/mol. The predicted octanol–water partition coefficient (Wildman–Crippen LogP) is 6.70. The maximum atomic E-state index is 12.2. The van der Waals surface area contributed by atoms with Gasteiger partial charge in [0.2, 0.25) is 0 Å². The fourth-order valence-corrected chi connectivity index (χ4v) is 18.7. The molecule has 0 fully saturated rings. The van der Waals surface area contributed by atoms with Gasteiger partial charge in [-0.3, -0.25) is 0 Å². The number of carbonyl (C=O) groups is 1. The van der Waals surface area contributed by atoms with Gasteiger partial charge in [-0.05, 0) is 71.1 Å². The minimum absolute atomic E-state index is 0.275. The lowest BCUT2D eigenvalue weighted by Gasteiger charge is -2.38. The van der Waals surface area contributed by atoms with Crippen LogP contribution in [0.4, 0.5) is 0 Å². The first-order chi connectivity index (χ1) is 15.9. The molecule has 1 unspecified atom stereocenters. The molecule has 0 saturated carbocycles. The van der Waals surface area contributed by atoms with Gasteiger partial charge in [-0.2, -0.15) is 0 Å². The zero-order valence-corrected chi connectivity index (χ0v) is 28.1. The number of likely N-dealkylation sites (N-methyl/N-ethyl adjacent to an activating group) is 1. The van der Waals surface area contributed by atoms with Crippen molar-refractivity contribution >= 4 is 31.2 Å². The number of esters is 1. The molecule has 6 nitrogen and oxygen atoms in total. The van der Waals surface area contributed by atoms with Crippen molar-refractivity contribution in [3.05, 3.63) is 12.2 Å². The smallest absolute Gasteiger partial charge is 0.333 e. The molecule has 0 aromatic carbocycles. The van der Waals surface area contributed by atoms with E-state index in [-0.39, 0.29) is 12.1 Å². The molecule has 0 saturated heterocycles. The molecule has 208 valence electrons. The van der Waals surface area contributed by atoms with Crippen LogP contribution in [0.15, 0.2) is 12.2 Å². The summed E-state index contributed by atoms with van der Waals surface area (Å²) in [5.41, 5.74) is 0.425. The van der Waals surface area contributed by atoms with Gasteiger partial charge in [-0.25, -0.2) is 4.79 Å². The Morgan fingerprint density at radius 1 is 0.886 bits per heavy atom. The minimum Gasteiger partial charge on any atom is -0.451 e. The Morgan fingerprint density at radius 3 is 1.89 bits per heavy atom. The number of hydrogen-bond donors (Lipinski definition) is 0. The van der Waals surface area contributed by atoms with Crippen molar-refractivity contribution in [2.75, 3.05) is 40.4 Å². The highest BCUT2D eigenvalue weighted by atomic mass is 28.5. The van der Waals surface area contributed by atoms with E-state index < -0.39 is 25.2 Å². The van der Waals surface area contributed by atoms with E-state index in [1.165, 1.54) is 18.9 Å². The lowest BCUT2D eigenvalue weighted by Crippen LogP contribution is -2.52. The third kappa shape index (κ3) is 17.7. The number of unbranched alkanes of at least 4 members (excludes halogenated alkanes) is 2. The van der Waals surface area contributed by atoms with Crippen LogP contribution >= 0.6 is 0 Å². The Hall–Kier alpha value is -0.299. The highest BCUT2D eigenvalue weighted by Gasteiger charge is 2.39. The Labute approximate surface area is 220 Å². The third-order valence-corrected chi connectivity index (χ3v) is 17.5. The summed E-state index contributed by atoms with van der Waals surface area (Å²) in [6, 6.07) is 2.22. The second-order valence-corrected chi connectivity index (χ2v) is 24.9. The van der Waals surface area contributed by atoms with Gasteiger partial charge in [0.1, 0.15) is 6.54 Å². The summed E-state index contributed by atoms with van der Waals surface area (Å²) in [5.74, 6) is -0.339. The molecular weight excluding hydrogens is 491 g/mol. The molecule has 0 aliphatic heterocycles. The number of hydrogen-bond acceptors (Lipinski definition) is 5. The number of ether oxygens (including phenoxy) is 2. The van der Waals surface area contributed by atoms with E-state index in [1.54, 1.807) is 6.92 Å². The van der Waals surface area contributed by atoms with Crippen LogP contribution in [0.25, 0.3) is 0 Å².